The molecule has 2 rings (SSSR count). The van der Waals surface area contributed by atoms with Crippen molar-refractivity contribution < 1.29 is 4.74 Å². The van der Waals surface area contributed by atoms with Crippen LogP contribution in [0.4, 0.5) is 0 Å². The van der Waals surface area contributed by atoms with Crippen LogP contribution in [0.15, 0.2) is 18.2 Å². The average molecular weight is 296 g/mol. The third-order valence-electron chi connectivity index (χ3n) is 4.23. The molecule has 2 unspecified atom stereocenters. The quantitative estimate of drug-likeness (QED) is 0.814. The minimum absolute atomic E-state index is 0.354. The smallest absolute Gasteiger partial charge is 0.125 e. The van der Waals surface area contributed by atoms with Gasteiger partial charge in [0.1, 0.15) is 5.75 Å². The maximum absolute atomic E-state index is 6.32. The molecule has 0 spiro atoms. The number of nitrogens with one attached hydrogen (secondary N) is 1. The molecule has 0 amide bonds. The molecule has 1 N–H and O–H groups in total. The third kappa shape index (κ3) is 4.13. The predicted molar refractivity (Wildman–Crippen MR) is 85.5 cm³/mol. The van der Waals surface area contributed by atoms with Gasteiger partial charge in [0.05, 0.1) is 6.10 Å². The molecule has 20 heavy (non-hydrogen) atoms. The molecular weight excluding hydrogens is 270 g/mol. The normalized spacial score (nSPS) is 22.8. The van der Waals surface area contributed by atoms with Gasteiger partial charge in [-0.15, -0.1) is 0 Å². The van der Waals surface area contributed by atoms with Gasteiger partial charge in [0, 0.05) is 17.1 Å². The van der Waals surface area contributed by atoms with Crippen LogP contribution in [0.3, 0.4) is 0 Å². The van der Waals surface area contributed by atoms with Crippen molar-refractivity contribution in [3.05, 3.63) is 28.8 Å². The van der Waals surface area contributed by atoms with E-state index in [0.29, 0.717) is 6.10 Å². The fraction of sp³-hybridized carbons (Fsp3) is 0.647. The minimum atomic E-state index is 0.354. The van der Waals surface area contributed by atoms with Gasteiger partial charge in [-0.1, -0.05) is 44.4 Å². The summed E-state index contributed by atoms with van der Waals surface area (Å²) in [6.45, 7) is 6.09. The standard InChI is InChI=1S/C17H26ClNO/c1-3-13-7-5-8-14(11-13)20-17-10-6-9-16(18)15(17)12-19-4-2/h6,9-10,13-14,19H,3-5,7-8,11-12H2,1-2H3. The van der Waals surface area contributed by atoms with Gasteiger partial charge in [-0.2, -0.15) is 0 Å². The van der Waals surface area contributed by atoms with E-state index >= 15 is 0 Å². The van der Waals surface area contributed by atoms with E-state index in [2.05, 4.69) is 19.2 Å². The number of hydrogen-bond donors (Lipinski definition) is 1. The summed E-state index contributed by atoms with van der Waals surface area (Å²) in [5, 5.41) is 4.14. The fourth-order valence-electron chi connectivity index (χ4n) is 2.97. The monoisotopic (exact) mass is 295 g/mol. The number of benzene rings is 1. The molecule has 0 bridgehead atoms. The van der Waals surface area contributed by atoms with Crippen molar-refractivity contribution in [3.63, 3.8) is 0 Å². The third-order valence-corrected chi connectivity index (χ3v) is 4.59. The summed E-state index contributed by atoms with van der Waals surface area (Å²) in [5.74, 6) is 1.78. The number of hydrogen-bond acceptors (Lipinski definition) is 2. The van der Waals surface area contributed by atoms with Crippen LogP contribution >= 0.6 is 11.6 Å². The van der Waals surface area contributed by atoms with Gasteiger partial charge in [-0.05, 0) is 43.9 Å². The molecule has 0 heterocycles. The summed E-state index contributed by atoms with van der Waals surface area (Å²) in [6, 6.07) is 5.97. The number of rotatable bonds is 6. The highest BCUT2D eigenvalue weighted by Crippen LogP contribution is 2.32. The van der Waals surface area contributed by atoms with Crippen LogP contribution in [-0.2, 0) is 6.54 Å². The lowest BCUT2D eigenvalue weighted by atomic mass is 9.85. The van der Waals surface area contributed by atoms with Crippen molar-refractivity contribution in [1.82, 2.24) is 5.32 Å². The predicted octanol–water partition coefficient (Wildman–Crippen LogP) is 4.80. The average Bonchev–Trinajstić information content (AvgIpc) is 2.47. The van der Waals surface area contributed by atoms with Gasteiger partial charge in [0.2, 0.25) is 0 Å². The Bertz CT molecular complexity index is 421. The molecule has 0 radical (unpaired) electrons. The Morgan fingerprint density at radius 1 is 1.30 bits per heavy atom. The van der Waals surface area contributed by atoms with Gasteiger partial charge in [-0.25, -0.2) is 0 Å². The molecule has 0 aromatic heterocycles. The molecule has 1 aliphatic carbocycles. The van der Waals surface area contributed by atoms with E-state index in [4.69, 9.17) is 16.3 Å². The second kappa shape index (κ2) is 7.90. The molecule has 0 aliphatic heterocycles. The molecule has 2 atom stereocenters. The second-order valence-corrected chi connectivity index (χ2v) is 6.08. The molecule has 1 aromatic rings. The zero-order chi connectivity index (χ0) is 14.4. The van der Waals surface area contributed by atoms with Crippen molar-refractivity contribution in [2.45, 2.75) is 58.6 Å². The van der Waals surface area contributed by atoms with E-state index in [9.17, 15) is 0 Å². The second-order valence-electron chi connectivity index (χ2n) is 5.68. The van der Waals surface area contributed by atoms with Crippen molar-refractivity contribution in [3.8, 4) is 5.75 Å². The molecule has 1 fully saturated rings. The van der Waals surface area contributed by atoms with Gasteiger partial charge in [-0.3, -0.25) is 0 Å². The maximum atomic E-state index is 6.32. The summed E-state index contributed by atoms with van der Waals surface area (Å²) in [7, 11) is 0. The lowest BCUT2D eigenvalue weighted by Crippen LogP contribution is -2.26. The molecule has 112 valence electrons. The molecule has 3 heteroatoms. The van der Waals surface area contributed by atoms with Crippen LogP contribution in [0.25, 0.3) is 0 Å². The molecule has 0 saturated heterocycles. The lowest BCUT2D eigenvalue weighted by Gasteiger charge is -2.29. The van der Waals surface area contributed by atoms with E-state index in [1.165, 1.54) is 32.1 Å². The van der Waals surface area contributed by atoms with E-state index < -0.39 is 0 Å². The minimum Gasteiger partial charge on any atom is -0.490 e. The summed E-state index contributed by atoms with van der Waals surface area (Å²) in [4.78, 5) is 0. The SMILES string of the molecule is CCNCc1c(Cl)cccc1OC1CCCC(CC)C1. The van der Waals surface area contributed by atoms with Crippen molar-refractivity contribution in [2.75, 3.05) is 6.54 Å². The Labute approximate surface area is 127 Å². The summed E-state index contributed by atoms with van der Waals surface area (Å²) >= 11 is 6.32. The van der Waals surface area contributed by atoms with Crippen LogP contribution in [0.5, 0.6) is 5.75 Å². The Morgan fingerprint density at radius 3 is 2.90 bits per heavy atom. The number of ether oxygens (including phenoxy) is 1. The summed E-state index contributed by atoms with van der Waals surface area (Å²) in [5.41, 5.74) is 1.09. The highest BCUT2D eigenvalue weighted by Gasteiger charge is 2.23. The first-order valence-electron chi connectivity index (χ1n) is 7.89. The Balaban J connectivity index is 2.06. The zero-order valence-electron chi connectivity index (χ0n) is 12.6. The van der Waals surface area contributed by atoms with E-state index in [1.54, 1.807) is 0 Å². The number of halogens is 1. The van der Waals surface area contributed by atoms with Crippen LogP contribution in [0.2, 0.25) is 5.02 Å². The summed E-state index contributed by atoms with van der Waals surface area (Å²) in [6.07, 6.45) is 6.61. The first-order chi connectivity index (χ1) is 9.74. The van der Waals surface area contributed by atoms with Gasteiger partial charge >= 0.3 is 0 Å². The van der Waals surface area contributed by atoms with Crippen LogP contribution in [0, 0.1) is 5.92 Å². The molecule has 1 aliphatic rings. The topological polar surface area (TPSA) is 21.3 Å². The van der Waals surface area contributed by atoms with Crippen molar-refractivity contribution in [1.29, 1.82) is 0 Å². The van der Waals surface area contributed by atoms with E-state index in [0.717, 1.165) is 35.3 Å². The maximum Gasteiger partial charge on any atom is 0.125 e. The Kier molecular flexibility index (Phi) is 6.18. The molecule has 1 saturated carbocycles. The zero-order valence-corrected chi connectivity index (χ0v) is 13.4. The van der Waals surface area contributed by atoms with Crippen molar-refractivity contribution in [2.24, 2.45) is 5.92 Å². The molecule has 2 nitrogen and oxygen atoms in total. The van der Waals surface area contributed by atoms with Gasteiger partial charge < -0.3 is 10.1 Å². The largest absolute Gasteiger partial charge is 0.490 e. The first-order valence-corrected chi connectivity index (χ1v) is 8.27. The summed E-state index contributed by atoms with van der Waals surface area (Å²) < 4.78 is 6.27. The van der Waals surface area contributed by atoms with Crippen LogP contribution < -0.4 is 10.1 Å². The van der Waals surface area contributed by atoms with Crippen LogP contribution in [-0.4, -0.2) is 12.6 Å². The molecular formula is C17H26ClNO. The van der Waals surface area contributed by atoms with E-state index in [1.807, 2.05) is 18.2 Å². The molecule has 1 aromatic carbocycles. The Morgan fingerprint density at radius 2 is 2.15 bits per heavy atom. The van der Waals surface area contributed by atoms with Gasteiger partial charge in [0.25, 0.3) is 0 Å². The highest BCUT2D eigenvalue weighted by molar-refractivity contribution is 6.31. The Hall–Kier alpha value is -0.730. The van der Waals surface area contributed by atoms with Crippen molar-refractivity contribution >= 4 is 11.6 Å². The highest BCUT2D eigenvalue weighted by atomic mass is 35.5. The first kappa shape index (κ1) is 15.7. The lowest BCUT2D eigenvalue weighted by molar-refractivity contribution is 0.121. The van der Waals surface area contributed by atoms with Crippen LogP contribution in [0.1, 0.15) is 51.5 Å². The van der Waals surface area contributed by atoms with Gasteiger partial charge in [0.15, 0.2) is 0 Å². The fourth-order valence-corrected chi connectivity index (χ4v) is 3.20. The van der Waals surface area contributed by atoms with E-state index in [-0.39, 0.29) is 0 Å².